The molecule has 0 aliphatic carbocycles. The van der Waals surface area contributed by atoms with Crippen molar-refractivity contribution in [1.29, 1.82) is 0 Å². The lowest BCUT2D eigenvalue weighted by atomic mass is 10.0. The van der Waals surface area contributed by atoms with Gasteiger partial charge in [0.15, 0.2) is 6.61 Å². The topological polar surface area (TPSA) is 35.5 Å². The molecule has 0 spiro atoms. The van der Waals surface area contributed by atoms with Crippen molar-refractivity contribution < 1.29 is 14.3 Å². The molecule has 0 radical (unpaired) electrons. The average molecular weight is 298 g/mol. The van der Waals surface area contributed by atoms with Gasteiger partial charge < -0.3 is 9.47 Å². The standard InChI is InChI=1S/C19H22O3/c1-13(2)16-5-7-17(8-6-16)22-19(20)12-21-18-10-14(3)9-15(4)11-18/h5-11,13H,12H2,1-4H3. The summed E-state index contributed by atoms with van der Waals surface area (Å²) in [5.41, 5.74) is 3.42. The van der Waals surface area contributed by atoms with Crippen LogP contribution in [-0.4, -0.2) is 12.6 Å². The van der Waals surface area contributed by atoms with Crippen LogP contribution in [0.4, 0.5) is 0 Å². The highest BCUT2D eigenvalue weighted by Gasteiger charge is 2.07. The van der Waals surface area contributed by atoms with E-state index >= 15 is 0 Å². The largest absolute Gasteiger partial charge is 0.482 e. The van der Waals surface area contributed by atoms with Gasteiger partial charge in [-0.1, -0.05) is 32.0 Å². The van der Waals surface area contributed by atoms with Crippen LogP contribution in [0, 0.1) is 13.8 Å². The fourth-order valence-electron chi connectivity index (χ4n) is 2.24. The smallest absolute Gasteiger partial charge is 0.349 e. The fourth-order valence-corrected chi connectivity index (χ4v) is 2.24. The second-order valence-electron chi connectivity index (χ2n) is 5.81. The molecule has 0 aliphatic rings. The molecular formula is C19H22O3. The summed E-state index contributed by atoms with van der Waals surface area (Å²) in [7, 11) is 0. The van der Waals surface area contributed by atoms with Gasteiger partial charge in [-0.05, 0) is 60.7 Å². The third-order valence-corrected chi connectivity index (χ3v) is 3.33. The molecule has 0 unspecified atom stereocenters. The summed E-state index contributed by atoms with van der Waals surface area (Å²) >= 11 is 0. The molecule has 3 nitrogen and oxygen atoms in total. The normalized spacial score (nSPS) is 10.6. The first-order chi connectivity index (χ1) is 10.4. The molecular weight excluding hydrogens is 276 g/mol. The summed E-state index contributed by atoms with van der Waals surface area (Å²) in [6.45, 7) is 8.13. The quantitative estimate of drug-likeness (QED) is 0.606. The van der Waals surface area contributed by atoms with E-state index in [1.165, 1.54) is 5.56 Å². The highest BCUT2D eigenvalue weighted by Crippen LogP contribution is 2.19. The van der Waals surface area contributed by atoms with Crippen LogP contribution in [-0.2, 0) is 4.79 Å². The van der Waals surface area contributed by atoms with Crippen LogP contribution < -0.4 is 9.47 Å². The van der Waals surface area contributed by atoms with Crippen LogP contribution in [0.15, 0.2) is 42.5 Å². The second kappa shape index (κ2) is 7.12. The minimum atomic E-state index is -0.406. The minimum absolute atomic E-state index is 0.102. The number of esters is 1. The first-order valence-corrected chi connectivity index (χ1v) is 7.46. The Morgan fingerprint density at radius 1 is 0.955 bits per heavy atom. The Hall–Kier alpha value is -2.29. The van der Waals surface area contributed by atoms with Gasteiger partial charge in [-0.2, -0.15) is 0 Å². The van der Waals surface area contributed by atoms with E-state index in [9.17, 15) is 4.79 Å². The van der Waals surface area contributed by atoms with E-state index in [0.29, 0.717) is 17.4 Å². The Kier molecular flexibility index (Phi) is 5.21. The van der Waals surface area contributed by atoms with Crippen LogP contribution in [0.25, 0.3) is 0 Å². The van der Waals surface area contributed by atoms with Crippen LogP contribution in [0.3, 0.4) is 0 Å². The highest BCUT2D eigenvalue weighted by atomic mass is 16.6. The Morgan fingerprint density at radius 3 is 2.09 bits per heavy atom. The Balaban J connectivity index is 1.90. The summed E-state index contributed by atoms with van der Waals surface area (Å²) in [4.78, 5) is 11.8. The summed E-state index contributed by atoms with van der Waals surface area (Å²) in [6, 6.07) is 13.4. The maximum Gasteiger partial charge on any atom is 0.349 e. The molecule has 116 valence electrons. The van der Waals surface area contributed by atoms with Crippen molar-refractivity contribution in [3.05, 3.63) is 59.2 Å². The Morgan fingerprint density at radius 2 is 1.55 bits per heavy atom. The van der Waals surface area contributed by atoms with Gasteiger partial charge in [-0.3, -0.25) is 0 Å². The van der Waals surface area contributed by atoms with E-state index < -0.39 is 5.97 Å². The van der Waals surface area contributed by atoms with Gasteiger partial charge >= 0.3 is 5.97 Å². The first kappa shape index (κ1) is 16.1. The monoisotopic (exact) mass is 298 g/mol. The molecule has 0 fully saturated rings. The lowest BCUT2D eigenvalue weighted by molar-refractivity contribution is -0.136. The SMILES string of the molecule is Cc1cc(C)cc(OCC(=O)Oc2ccc(C(C)C)cc2)c1. The van der Waals surface area contributed by atoms with Gasteiger partial charge in [-0.15, -0.1) is 0 Å². The molecule has 0 aliphatic heterocycles. The molecule has 2 rings (SSSR count). The lowest BCUT2D eigenvalue weighted by Crippen LogP contribution is -2.17. The maximum atomic E-state index is 11.8. The third kappa shape index (κ3) is 4.62. The van der Waals surface area contributed by atoms with Crippen LogP contribution in [0.2, 0.25) is 0 Å². The number of carbonyl (C=O) groups excluding carboxylic acids is 1. The summed E-state index contributed by atoms with van der Waals surface area (Å²) < 4.78 is 10.8. The predicted octanol–water partition coefficient (Wildman–Crippen LogP) is 4.41. The minimum Gasteiger partial charge on any atom is -0.482 e. The zero-order valence-corrected chi connectivity index (χ0v) is 13.6. The van der Waals surface area contributed by atoms with Gasteiger partial charge in [0.05, 0.1) is 0 Å². The molecule has 0 aromatic heterocycles. The predicted molar refractivity (Wildman–Crippen MR) is 87.6 cm³/mol. The van der Waals surface area contributed by atoms with Crippen molar-refractivity contribution in [3.8, 4) is 11.5 Å². The van der Waals surface area contributed by atoms with Gasteiger partial charge in [0.25, 0.3) is 0 Å². The molecule has 0 saturated carbocycles. The maximum absolute atomic E-state index is 11.8. The van der Waals surface area contributed by atoms with Crippen LogP contribution in [0.1, 0.15) is 36.5 Å². The van der Waals surface area contributed by atoms with E-state index in [4.69, 9.17) is 9.47 Å². The van der Waals surface area contributed by atoms with E-state index in [-0.39, 0.29) is 6.61 Å². The number of benzene rings is 2. The summed E-state index contributed by atoms with van der Waals surface area (Å²) in [6.07, 6.45) is 0. The van der Waals surface area contributed by atoms with Crippen LogP contribution in [0.5, 0.6) is 11.5 Å². The van der Waals surface area contributed by atoms with E-state index in [2.05, 4.69) is 19.9 Å². The molecule has 2 aromatic carbocycles. The average Bonchev–Trinajstić information content (AvgIpc) is 2.45. The summed E-state index contributed by atoms with van der Waals surface area (Å²) in [5.74, 6) is 1.28. The summed E-state index contributed by atoms with van der Waals surface area (Å²) in [5, 5.41) is 0. The van der Waals surface area contributed by atoms with E-state index in [0.717, 1.165) is 11.1 Å². The number of ether oxygens (including phenoxy) is 2. The van der Waals surface area contributed by atoms with Crippen molar-refractivity contribution >= 4 is 5.97 Å². The van der Waals surface area contributed by atoms with E-state index in [1.54, 1.807) is 0 Å². The third-order valence-electron chi connectivity index (χ3n) is 3.33. The zero-order valence-electron chi connectivity index (χ0n) is 13.6. The molecule has 0 bridgehead atoms. The highest BCUT2D eigenvalue weighted by molar-refractivity contribution is 5.74. The number of hydrogen-bond donors (Lipinski definition) is 0. The molecule has 0 N–H and O–H groups in total. The van der Waals surface area contributed by atoms with Gasteiger partial charge in [0.1, 0.15) is 11.5 Å². The van der Waals surface area contributed by atoms with Gasteiger partial charge in [0.2, 0.25) is 0 Å². The molecule has 3 heteroatoms. The number of carbonyl (C=O) groups is 1. The van der Waals surface area contributed by atoms with Crippen molar-refractivity contribution in [1.82, 2.24) is 0 Å². The molecule has 0 amide bonds. The van der Waals surface area contributed by atoms with Crippen molar-refractivity contribution in [2.75, 3.05) is 6.61 Å². The van der Waals surface area contributed by atoms with Gasteiger partial charge in [0, 0.05) is 0 Å². The molecule has 0 atom stereocenters. The Bertz CT molecular complexity index is 622. The fraction of sp³-hybridized carbons (Fsp3) is 0.316. The molecule has 2 aromatic rings. The zero-order chi connectivity index (χ0) is 16.1. The lowest BCUT2D eigenvalue weighted by Gasteiger charge is -2.09. The number of aryl methyl sites for hydroxylation is 2. The molecule has 0 saturated heterocycles. The van der Waals surface area contributed by atoms with E-state index in [1.807, 2.05) is 50.2 Å². The number of hydrogen-bond acceptors (Lipinski definition) is 3. The van der Waals surface area contributed by atoms with Crippen molar-refractivity contribution in [3.63, 3.8) is 0 Å². The second-order valence-corrected chi connectivity index (χ2v) is 5.81. The number of rotatable bonds is 5. The Labute approximate surface area is 131 Å². The molecule has 0 heterocycles. The molecule has 22 heavy (non-hydrogen) atoms. The van der Waals surface area contributed by atoms with Crippen molar-refractivity contribution in [2.24, 2.45) is 0 Å². The van der Waals surface area contributed by atoms with Crippen molar-refractivity contribution in [2.45, 2.75) is 33.6 Å². The first-order valence-electron chi connectivity index (χ1n) is 7.46. The van der Waals surface area contributed by atoms with Crippen LogP contribution >= 0.6 is 0 Å². The van der Waals surface area contributed by atoms with Gasteiger partial charge in [-0.25, -0.2) is 4.79 Å².